The molecule has 3 rings (SSSR count). The Morgan fingerprint density at radius 1 is 0.903 bits per heavy atom. The minimum atomic E-state index is -0.578. The van der Waals surface area contributed by atoms with Crippen LogP contribution in [0.4, 0.5) is 4.39 Å². The Balaban J connectivity index is 1.81. The fourth-order valence-electron chi connectivity index (χ4n) is 3.48. The molecule has 0 spiro atoms. The fourth-order valence-corrected chi connectivity index (χ4v) is 3.48. The van der Waals surface area contributed by atoms with Crippen LogP contribution in [-0.2, 0) is 24.9 Å². The smallest absolute Gasteiger partial charge is 0.257 e. The highest BCUT2D eigenvalue weighted by Gasteiger charge is 2.24. The molecule has 0 aliphatic heterocycles. The van der Waals surface area contributed by atoms with E-state index in [1.807, 2.05) is 67.2 Å². The van der Waals surface area contributed by atoms with Gasteiger partial charge in [0.05, 0.1) is 12.1 Å². The Bertz CT molecular complexity index is 1020. The van der Waals surface area contributed by atoms with Crippen molar-refractivity contribution in [3.63, 3.8) is 0 Å². The van der Waals surface area contributed by atoms with Crippen molar-refractivity contribution in [3.05, 3.63) is 95.6 Å². The Labute approximate surface area is 182 Å². The number of rotatable bonds is 9. The first-order chi connectivity index (χ1) is 15.0. The maximum Gasteiger partial charge on any atom is 0.257 e. The van der Waals surface area contributed by atoms with Crippen LogP contribution >= 0.6 is 0 Å². The van der Waals surface area contributed by atoms with Crippen LogP contribution in [0.15, 0.2) is 72.9 Å². The lowest BCUT2D eigenvalue weighted by Gasteiger charge is -2.28. The van der Waals surface area contributed by atoms with Crippen molar-refractivity contribution in [1.82, 2.24) is 14.4 Å². The van der Waals surface area contributed by atoms with Gasteiger partial charge in [-0.05, 0) is 36.2 Å². The number of carbonyl (C=O) groups is 2. The van der Waals surface area contributed by atoms with E-state index in [2.05, 4.69) is 0 Å². The second kappa shape index (κ2) is 10.6. The van der Waals surface area contributed by atoms with E-state index >= 15 is 0 Å². The highest BCUT2D eigenvalue weighted by molar-refractivity contribution is 5.96. The topological polar surface area (TPSA) is 45.6 Å². The van der Waals surface area contributed by atoms with Gasteiger partial charge in [-0.3, -0.25) is 9.59 Å². The molecular weight excluding hydrogens is 393 g/mol. The predicted molar refractivity (Wildman–Crippen MR) is 119 cm³/mol. The lowest BCUT2D eigenvalue weighted by molar-refractivity contribution is -0.133. The maximum absolute atomic E-state index is 14.2. The van der Waals surface area contributed by atoms with E-state index in [-0.39, 0.29) is 18.0 Å². The number of halogens is 1. The highest BCUT2D eigenvalue weighted by Crippen LogP contribution is 2.14. The van der Waals surface area contributed by atoms with Crippen LogP contribution in [0.1, 0.15) is 35.0 Å². The molecule has 0 atom stereocenters. The molecule has 0 fully saturated rings. The molecule has 31 heavy (non-hydrogen) atoms. The number of benzene rings is 2. The monoisotopic (exact) mass is 421 g/mol. The lowest BCUT2D eigenvalue weighted by Crippen LogP contribution is -2.43. The molecular formula is C25H28FN3O2. The first kappa shape index (κ1) is 22.3. The molecule has 3 aromatic rings. The summed E-state index contributed by atoms with van der Waals surface area (Å²) in [5, 5.41) is 0. The zero-order chi connectivity index (χ0) is 22.2. The molecule has 6 heteroatoms. The summed E-state index contributed by atoms with van der Waals surface area (Å²) in [6.45, 7) is 3.06. The Morgan fingerprint density at radius 3 is 2.26 bits per heavy atom. The summed E-state index contributed by atoms with van der Waals surface area (Å²) in [4.78, 5) is 29.4. The number of hydrogen-bond acceptors (Lipinski definition) is 2. The molecule has 0 saturated heterocycles. The van der Waals surface area contributed by atoms with Crippen LogP contribution in [0.2, 0.25) is 0 Å². The highest BCUT2D eigenvalue weighted by atomic mass is 19.1. The van der Waals surface area contributed by atoms with E-state index in [0.29, 0.717) is 26.1 Å². The summed E-state index contributed by atoms with van der Waals surface area (Å²) >= 11 is 0. The molecule has 0 aliphatic carbocycles. The predicted octanol–water partition coefficient (Wildman–Crippen LogP) is 4.25. The van der Waals surface area contributed by atoms with Gasteiger partial charge in [0.1, 0.15) is 12.4 Å². The standard InChI is InChI=1S/C25H28FN3O2/c1-3-15-28(25(31)22-13-7-8-14-23(22)26)19-24(30)29(17-20-10-5-4-6-11-20)18-21-12-9-16-27(21)2/h4-14,16H,3,15,17-19H2,1-2H3. The van der Waals surface area contributed by atoms with Crippen LogP contribution in [0.25, 0.3) is 0 Å². The zero-order valence-corrected chi connectivity index (χ0v) is 18.0. The van der Waals surface area contributed by atoms with E-state index in [9.17, 15) is 14.0 Å². The number of amides is 2. The molecule has 0 bridgehead atoms. The van der Waals surface area contributed by atoms with Crippen LogP contribution in [0, 0.1) is 5.82 Å². The molecule has 0 N–H and O–H groups in total. The number of carbonyl (C=O) groups excluding carboxylic acids is 2. The van der Waals surface area contributed by atoms with Gasteiger partial charge in [0.15, 0.2) is 0 Å². The van der Waals surface area contributed by atoms with Gasteiger partial charge in [0.25, 0.3) is 5.91 Å². The molecule has 1 aromatic heterocycles. The lowest BCUT2D eigenvalue weighted by atomic mass is 10.1. The van der Waals surface area contributed by atoms with Gasteiger partial charge >= 0.3 is 0 Å². The number of aryl methyl sites for hydroxylation is 1. The van der Waals surface area contributed by atoms with E-state index < -0.39 is 11.7 Å². The molecule has 0 radical (unpaired) electrons. The van der Waals surface area contributed by atoms with Gasteiger partial charge in [-0.1, -0.05) is 49.4 Å². The van der Waals surface area contributed by atoms with Gasteiger partial charge in [-0.25, -0.2) is 4.39 Å². The Kier molecular flexibility index (Phi) is 7.60. The van der Waals surface area contributed by atoms with Crippen molar-refractivity contribution in [2.24, 2.45) is 7.05 Å². The number of hydrogen-bond donors (Lipinski definition) is 0. The molecule has 162 valence electrons. The first-order valence-electron chi connectivity index (χ1n) is 10.4. The normalized spacial score (nSPS) is 10.7. The third kappa shape index (κ3) is 5.81. The summed E-state index contributed by atoms with van der Waals surface area (Å²) in [5.74, 6) is -1.22. The first-order valence-corrected chi connectivity index (χ1v) is 10.4. The summed E-state index contributed by atoms with van der Waals surface area (Å²) < 4.78 is 16.1. The van der Waals surface area contributed by atoms with Crippen LogP contribution < -0.4 is 0 Å². The van der Waals surface area contributed by atoms with Gasteiger partial charge < -0.3 is 14.4 Å². The number of aromatic nitrogens is 1. The van der Waals surface area contributed by atoms with Gasteiger partial charge in [0.2, 0.25) is 5.91 Å². The Morgan fingerprint density at radius 2 is 1.61 bits per heavy atom. The van der Waals surface area contributed by atoms with Crippen LogP contribution in [0.5, 0.6) is 0 Å². The molecule has 0 unspecified atom stereocenters. The maximum atomic E-state index is 14.2. The van der Waals surface area contributed by atoms with Crippen molar-refractivity contribution >= 4 is 11.8 Å². The van der Waals surface area contributed by atoms with Crippen molar-refractivity contribution in [3.8, 4) is 0 Å². The number of nitrogens with zero attached hydrogens (tertiary/aromatic N) is 3. The second-order valence-electron chi connectivity index (χ2n) is 7.55. The van der Waals surface area contributed by atoms with E-state index in [4.69, 9.17) is 0 Å². The minimum Gasteiger partial charge on any atom is -0.353 e. The Hall–Kier alpha value is -3.41. The van der Waals surface area contributed by atoms with E-state index in [0.717, 1.165) is 11.3 Å². The summed E-state index contributed by atoms with van der Waals surface area (Å²) in [5.41, 5.74) is 1.99. The third-order valence-corrected chi connectivity index (χ3v) is 5.18. The average Bonchev–Trinajstić information content (AvgIpc) is 3.18. The molecule has 2 amide bonds. The molecule has 0 saturated carbocycles. The molecule has 2 aromatic carbocycles. The zero-order valence-electron chi connectivity index (χ0n) is 18.0. The van der Waals surface area contributed by atoms with Gasteiger partial charge in [-0.2, -0.15) is 0 Å². The van der Waals surface area contributed by atoms with E-state index in [1.165, 1.54) is 17.0 Å². The largest absolute Gasteiger partial charge is 0.353 e. The van der Waals surface area contributed by atoms with Gasteiger partial charge in [-0.15, -0.1) is 0 Å². The fraction of sp³-hybridized carbons (Fsp3) is 0.280. The van der Waals surface area contributed by atoms with Crippen molar-refractivity contribution < 1.29 is 14.0 Å². The van der Waals surface area contributed by atoms with Crippen molar-refractivity contribution in [1.29, 1.82) is 0 Å². The summed E-state index contributed by atoms with van der Waals surface area (Å²) in [7, 11) is 1.94. The van der Waals surface area contributed by atoms with Crippen LogP contribution in [0.3, 0.4) is 0 Å². The second-order valence-corrected chi connectivity index (χ2v) is 7.55. The molecule has 0 aliphatic rings. The minimum absolute atomic E-state index is 0.0132. The average molecular weight is 422 g/mol. The SMILES string of the molecule is CCCN(CC(=O)N(Cc1ccccc1)Cc1cccn1C)C(=O)c1ccccc1F. The van der Waals surface area contributed by atoms with E-state index in [1.54, 1.807) is 17.0 Å². The van der Waals surface area contributed by atoms with Crippen molar-refractivity contribution in [2.75, 3.05) is 13.1 Å². The third-order valence-electron chi connectivity index (χ3n) is 5.18. The van der Waals surface area contributed by atoms with Gasteiger partial charge in [0, 0.05) is 32.0 Å². The quantitative estimate of drug-likeness (QED) is 0.519. The molecule has 5 nitrogen and oxygen atoms in total. The summed E-state index contributed by atoms with van der Waals surface area (Å²) in [6.07, 6.45) is 2.61. The van der Waals surface area contributed by atoms with Crippen LogP contribution in [-0.4, -0.2) is 39.3 Å². The molecule has 1 heterocycles. The summed E-state index contributed by atoms with van der Waals surface area (Å²) in [6, 6.07) is 19.5. The van der Waals surface area contributed by atoms with Crippen molar-refractivity contribution in [2.45, 2.75) is 26.4 Å².